The van der Waals surface area contributed by atoms with Gasteiger partial charge in [0.2, 0.25) is 0 Å². The van der Waals surface area contributed by atoms with E-state index in [0.717, 1.165) is 36.8 Å². The third kappa shape index (κ3) is 2.39. The number of aliphatic carboxylic acids is 1. The van der Waals surface area contributed by atoms with E-state index < -0.39 is 17.5 Å². The lowest BCUT2D eigenvalue weighted by atomic mass is 9.99. The van der Waals surface area contributed by atoms with Crippen LogP contribution in [0.2, 0.25) is 0 Å². The molecule has 0 saturated heterocycles. The molecule has 0 aliphatic heterocycles. The molecule has 2 N–H and O–H groups in total. The van der Waals surface area contributed by atoms with Crippen LogP contribution < -0.4 is 5.32 Å². The van der Waals surface area contributed by atoms with Gasteiger partial charge in [-0.25, -0.2) is 0 Å². The van der Waals surface area contributed by atoms with Gasteiger partial charge >= 0.3 is 5.97 Å². The van der Waals surface area contributed by atoms with Gasteiger partial charge in [0.05, 0.1) is 12.0 Å². The second-order valence-corrected chi connectivity index (χ2v) is 6.19. The fraction of sp³-hybridized carbons (Fsp3) is 0.529. The standard InChI is InChI=1S/C17H21NO4/c1-22-17(8-4-5-9-17)16(21)18-14-10-13(15(19)20)11-6-2-3-7-12(11)14/h2-3,6-7,13-14H,4-5,8-10H2,1H3,(H,18,21)(H,19,20). The maximum absolute atomic E-state index is 12.7. The van der Waals surface area contributed by atoms with Gasteiger partial charge in [-0.1, -0.05) is 24.3 Å². The number of carboxylic acids is 1. The Bertz CT molecular complexity index is 592. The largest absolute Gasteiger partial charge is 0.481 e. The number of hydrogen-bond acceptors (Lipinski definition) is 3. The molecule has 2 atom stereocenters. The Hall–Kier alpha value is -1.88. The van der Waals surface area contributed by atoms with Gasteiger partial charge in [0.25, 0.3) is 5.91 Å². The number of fused-ring (bicyclic) bond motifs is 1. The van der Waals surface area contributed by atoms with E-state index >= 15 is 0 Å². The summed E-state index contributed by atoms with van der Waals surface area (Å²) in [6.07, 6.45) is 3.83. The number of hydrogen-bond donors (Lipinski definition) is 2. The second kappa shape index (κ2) is 5.72. The first-order valence-corrected chi connectivity index (χ1v) is 7.75. The molecule has 2 aliphatic rings. The van der Waals surface area contributed by atoms with Crippen LogP contribution in [0.1, 0.15) is 55.2 Å². The Balaban J connectivity index is 1.82. The zero-order valence-corrected chi connectivity index (χ0v) is 12.7. The number of ether oxygens (including phenoxy) is 1. The van der Waals surface area contributed by atoms with Crippen molar-refractivity contribution in [3.05, 3.63) is 35.4 Å². The first-order chi connectivity index (χ1) is 10.6. The minimum absolute atomic E-state index is 0.113. The molecule has 22 heavy (non-hydrogen) atoms. The van der Waals surface area contributed by atoms with E-state index in [1.807, 2.05) is 24.3 Å². The van der Waals surface area contributed by atoms with Crippen molar-refractivity contribution in [1.82, 2.24) is 5.32 Å². The second-order valence-electron chi connectivity index (χ2n) is 6.19. The van der Waals surface area contributed by atoms with E-state index in [1.165, 1.54) is 0 Å². The summed E-state index contributed by atoms with van der Waals surface area (Å²) in [7, 11) is 1.58. The zero-order valence-electron chi connectivity index (χ0n) is 12.7. The van der Waals surface area contributed by atoms with Gasteiger partial charge in [-0.2, -0.15) is 0 Å². The molecule has 0 heterocycles. The highest BCUT2D eigenvalue weighted by molar-refractivity contribution is 5.86. The number of amides is 1. The SMILES string of the molecule is COC1(C(=O)NC2CC(C(=O)O)c3ccccc32)CCCC1. The van der Waals surface area contributed by atoms with Crippen LogP contribution in [0.4, 0.5) is 0 Å². The lowest BCUT2D eigenvalue weighted by Crippen LogP contribution is -2.47. The van der Waals surface area contributed by atoms with E-state index in [1.54, 1.807) is 7.11 Å². The van der Waals surface area contributed by atoms with Crippen LogP contribution in [0.3, 0.4) is 0 Å². The van der Waals surface area contributed by atoms with Gasteiger partial charge in [0, 0.05) is 7.11 Å². The van der Waals surface area contributed by atoms with Crippen LogP contribution in [-0.4, -0.2) is 29.7 Å². The quantitative estimate of drug-likeness (QED) is 0.895. The molecule has 5 nitrogen and oxygen atoms in total. The minimum Gasteiger partial charge on any atom is -0.481 e. The van der Waals surface area contributed by atoms with Crippen LogP contribution in [0.15, 0.2) is 24.3 Å². The Morgan fingerprint density at radius 1 is 1.23 bits per heavy atom. The van der Waals surface area contributed by atoms with Crippen LogP contribution in [0.25, 0.3) is 0 Å². The summed E-state index contributed by atoms with van der Waals surface area (Å²) >= 11 is 0. The van der Waals surface area contributed by atoms with Crippen molar-refractivity contribution in [3.63, 3.8) is 0 Å². The average Bonchev–Trinajstić information content (AvgIpc) is 3.13. The number of methoxy groups -OCH3 is 1. The van der Waals surface area contributed by atoms with Crippen LogP contribution in [-0.2, 0) is 14.3 Å². The third-order valence-corrected chi connectivity index (χ3v) is 5.04. The highest BCUT2D eigenvalue weighted by Crippen LogP contribution is 2.41. The van der Waals surface area contributed by atoms with Crippen LogP contribution >= 0.6 is 0 Å². The topological polar surface area (TPSA) is 75.6 Å². The molecule has 118 valence electrons. The van der Waals surface area contributed by atoms with E-state index in [0.29, 0.717) is 6.42 Å². The molecule has 2 unspecified atom stereocenters. The van der Waals surface area contributed by atoms with Gasteiger partial charge in [-0.15, -0.1) is 0 Å². The van der Waals surface area contributed by atoms with Gasteiger partial charge in [0.1, 0.15) is 5.60 Å². The normalized spacial score (nSPS) is 25.7. The highest BCUT2D eigenvalue weighted by Gasteiger charge is 2.44. The summed E-state index contributed by atoms with van der Waals surface area (Å²) < 4.78 is 5.50. The first-order valence-electron chi connectivity index (χ1n) is 7.75. The number of carbonyl (C=O) groups is 2. The van der Waals surface area contributed by atoms with Crippen molar-refractivity contribution in [1.29, 1.82) is 0 Å². The number of carboxylic acid groups (broad SMARTS) is 1. The summed E-state index contributed by atoms with van der Waals surface area (Å²) in [5.74, 6) is -1.51. The molecule has 0 radical (unpaired) electrons. The molecule has 1 aromatic carbocycles. The smallest absolute Gasteiger partial charge is 0.311 e. The Morgan fingerprint density at radius 3 is 2.45 bits per heavy atom. The molecule has 1 amide bonds. The lowest BCUT2D eigenvalue weighted by molar-refractivity contribution is -0.144. The van der Waals surface area contributed by atoms with E-state index in [9.17, 15) is 14.7 Å². The zero-order chi connectivity index (χ0) is 15.7. The number of benzene rings is 1. The summed E-state index contributed by atoms with van der Waals surface area (Å²) in [5.41, 5.74) is 0.974. The van der Waals surface area contributed by atoms with Crippen molar-refractivity contribution < 1.29 is 19.4 Å². The molecule has 5 heteroatoms. The minimum atomic E-state index is -0.841. The van der Waals surface area contributed by atoms with Crippen LogP contribution in [0, 0.1) is 0 Å². The fourth-order valence-corrected chi connectivity index (χ4v) is 3.77. The molecule has 0 aromatic heterocycles. The summed E-state index contributed by atoms with van der Waals surface area (Å²) in [6.45, 7) is 0. The molecule has 3 rings (SSSR count). The Kier molecular flexibility index (Phi) is 3.91. The maximum Gasteiger partial charge on any atom is 0.311 e. The molecular weight excluding hydrogens is 282 g/mol. The first kappa shape index (κ1) is 15.0. The van der Waals surface area contributed by atoms with Gasteiger partial charge < -0.3 is 15.2 Å². The van der Waals surface area contributed by atoms with Gasteiger partial charge in [-0.05, 0) is 43.2 Å². The van der Waals surface area contributed by atoms with E-state index in [2.05, 4.69) is 5.32 Å². The predicted molar refractivity (Wildman–Crippen MR) is 80.5 cm³/mol. The van der Waals surface area contributed by atoms with Crippen molar-refractivity contribution in [2.75, 3.05) is 7.11 Å². The van der Waals surface area contributed by atoms with Crippen LogP contribution in [0.5, 0.6) is 0 Å². The van der Waals surface area contributed by atoms with E-state index in [4.69, 9.17) is 4.74 Å². The number of nitrogens with one attached hydrogen (secondary N) is 1. The predicted octanol–water partition coefficient (Wildman–Crippen LogP) is 2.38. The van der Waals surface area contributed by atoms with Gasteiger partial charge in [0.15, 0.2) is 0 Å². The summed E-state index contributed by atoms with van der Waals surface area (Å²) in [5, 5.41) is 12.4. The van der Waals surface area contributed by atoms with Crippen molar-refractivity contribution >= 4 is 11.9 Å². The molecule has 1 saturated carbocycles. The molecule has 0 spiro atoms. The van der Waals surface area contributed by atoms with Crippen molar-refractivity contribution in [2.24, 2.45) is 0 Å². The Morgan fingerprint density at radius 2 is 1.86 bits per heavy atom. The molecule has 0 bridgehead atoms. The van der Waals surface area contributed by atoms with Crippen molar-refractivity contribution in [2.45, 2.75) is 49.7 Å². The highest BCUT2D eigenvalue weighted by atomic mass is 16.5. The monoisotopic (exact) mass is 303 g/mol. The molecule has 1 fully saturated rings. The fourth-order valence-electron chi connectivity index (χ4n) is 3.77. The van der Waals surface area contributed by atoms with E-state index in [-0.39, 0.29) is 11.9 Å². The Labute approximate surface area is 129 Å². The maximum atomic E-state index is 12.7. The summed E-state index contributed by atoms with van der Waals surface area (Å²) in [6, 6.07) is 7.20. The van der Waals surface area contributed by atoms with Gasteiger partial charge in [-0.3, -0.25) is 9.59 Å². The molecular formula is C17H21NO4. The van der Waals surface area contributed by atoms with Crippen molar-refractivity contribution in [3.8, 4) is 0 Å². The summed E-state index contributed by atoms with van der Waals surface area (Å²) in [4.78, 5) is 24.1. The lowest BCUT2D eigenvalue weighted by Gasteiger charge is -2.28. The molecule has 1 aromatic rings. The average molecular weight is 303 g/mol. The molecule has 2 aliphatic carbocycles. The number of carbonyl (C=O) groups excluding carboxylic acids is 1. The number of rotatable bonds is 4. The third-order valence-electron chi connectivity index (χ3n) is 5.04.